The van der Waals surface area contributed by atoms with Gasteiger partial charge in [0.1, 0.15) is 0 Å². The summed E-state index contributed by atoms with van der Waals surface area (Å²) in [7, 11) is 0. The van der Waals surface area contributed by atoms with Gasteiger partial charge in [-0.05, 0) is 43.9 Å². The van der Waals surface area contributed by atoms with Gasteiger partial charge in [-0.1, -0.05) is 26.7 Å². The molecular weight excluding hydrogens is 172 g/mol. The van der Waals surface area contributed by atoms with E-state index in [-0.39, 0.29) is 0 Å². The van der Waals surface area contributed by atoms with Crippen molar-refractivity contribution in [2.45, 2.75) is 52.9 Å². The smallest absolute Gasteiger partial charge is 0.0468 e. The van der Waals surface area contributed by atoms with Gasteiger partial charge in [-0.3, -0.25) is 0 Å². The van der Waals surface area contributed by atoms with Crippen LogP contribution in [0.15, 0.2) is 0 Å². The SMILES string of the molecule is CCOCCC1CCC(C(C)C)CC1. The first-order chi connectivity index (χ1) is 6.74. The molecule has 0 aliphatic heterocycles. The molecule has 1 aliphatic rings. The van der Waals surface area contributed by atoms with Gasteiger partial charge in [-0.15, -0.1) is 0 Å². The van der Waals surface area contributed by atoms with Crippen molar-refractivity contribution in [3.8, 4) is 0 Å². The van der Waals surface area contributed by atoms with Gasteiger partial charge in [0.2, 0.25) is 0 Å². The number of rotatable bonds is 5. The Morgan fingerprint density at radius 3 is 2.29 bits per heavy atom. The lowest BCUT2D eigenvalue weighted by Gasteiger charge is -2.30. The molecule has 0 unspecified atom stereocenters. The fraction of sp³-hybridized carbons (Fsp3) is 1.00. The maximum Gasteiger partial charge on any atom is 0.0468 e. The van der Waals surface area contributed by atoms with Crippen LogP contribution in [0.5, 0.6) is 0 Å². The van der Waals surface area contributed by atoms with Gasteiger partial charge in [0.15, 0.2) is 0 Å². The van der Waals surface area contributed by atoms with Crippen LogP contribution in [0.25, 0.3) is 0 Å². The van der Waals surface area contributed by atoms with E-state index in [0.717, 1.165) is 31.0 Å². The van der Waals surface area contributed by atoms with Gasteiger partial charge < -0.3 is 4.74 Å². The van der Waals surface area contributed by atoms with E-state index in [9.17, 15) is 0 Å². The first kappa shape index (κ1) is 12.0. The Balaban J connectivity index is 2.09. The Morgan fingerprint density at radius 2 is 1.79 bits per heavy atom. The Labute approximate surface area is 89.2 Å². The molecule has 0 aromatic carbocycles. The van der Waals surface area contributed by atoms with Crippen LogP contribution in [0.3, 0.4) is 0 Å². The van der Waals surface area contributed by atoms with Crippen LogP contribution in [-0.4, -0.2) is 13.2 Å². The van der Waals surface area contributed by atoms with Crippen LogP contribution in [0.2, 0.25) is 0 Å². The van der Waals surface area contributed by atoms with E-state index in [4.69, 9.17) is 4.74 Å². The molecular formula is C13H26O. The van der Waals surface area contributed by atoms with Gasteiger partial charge in [-0.2, -0.15) is 0 Å². The van der Waals surface area contributed by atoms with Crippen LogP contribution in [-0.2, 0) is 4.74 Å². The second-order valence-corrected chi connectivity index (χ2v) is 5.01. The lowest BCUT2D eigenvalue weighted by Crippen LogP contribution is -2.19. The Morgan fingerprint density at radius 1 is 1.14 bits per heavy atom. The predicted molar refractivity (Wildman–Crippen MR) is 61.4 cm³/mol. The molecule has 14 heavy (non-hydrogen) atoms. The van der Waals surface area contributed by atoms with Gasteiger partial charge in [0.05, 0.1) is 0 Å². The van der Waals surface area contributed by atoms with Gasteiger partial charge in [0.25, 0.3) is 0 Å². The highest BCUT2D eigenvalue weighted by atomic mass is 16.5. The van der Waals surface area contributed by atoms with Crippen molar-refractivity contribution < 1.29 is 4.74 Å². The van der Waals surface area contributed by atoms with Gasteiger partial charge in [-0.25, -0.2) is 0 Å². The van der Waals surface area contributed by atoms with Crippen LogP contribution in [0, 0.1) is 17.8 Å². The highest BCUT2D eigenvalue weighted by molar-refractivity contribution is 4.74. The standard InChI is InChI=1S/C13H26O/c1-4-14-10-9-12-5-7-13(8-6-12)11(2)3/h11-13H,4-10H2,1-3H3. The first-order valence-electron chi connectivity index (χ1n) is 6.31. The lowest BCUT2D eigenvalue weighted by atomic mass is 9.76. The van der Waals surface area contributed by atoms with Crippen LogP contribution < -0.4 is 0 Å². The molecule has 1 nitrogen and oxygen atoms in total. The topological polar surface area (TPSA) is 9.23 Å². The van der Waals surface area contributed by atoms with Crippen molar-refractivity contribution in [1.82, 2.24) is 0 Å². The molecule has 0 bridgehead atoms. The largest absolute Gasteiger partial charge is 0.382 e. The third kappa shape index (κ3) is 4.00. The van der Waals surface area contributed by atoms with Crippen molar-refractivity contribution in [2.75, 3.05) is 13.2 Å². The minimum absolute atomic E-state index is 0.876. The summed E-state index contributed by atoms with van der Waals surface area (Å²) >= 11 is 0. The average Bonchev–Trinajstić information content (AvgIpc) is 2.19. The first-order valence-corrected chi connectivity index (χ1v) is 6.31. The third-order valence-corrected chi connectivity index (χ3v) is 3.71. The highest BCUT2D eigenvalue weighted by Crippen LogP contribution is 2.34. The minimum Gasteiger partial charge on any atom is -0.382 e. The third-order valence-electron chi connectivity index (χ3n) is 3.71. The predicted octanol–water partition coefficient (Wildman–Crippen LogP) is 3.88. The highest BCUT2D eigenvalue weighted by Gasteiger charge is 2.22. The molecule has 0 radical (unpaired) electrons. The Hall–Kier alpha value is -0.0400. The number of ether oxygens (including phenoxy) is 1. The van der Waals surface area contributed by atoms with Crippen molar-refractivity contribution in [1.29, 1.82) is 0 Å². The van der Waals surface area contributed by atoms with E-state index >= 15 is 0 Å². The van der Waals surface area contributed by atoms with E-state index in [2.05, 4.69) is 20.8 Å². The monoisotopic (exact) mass is 198 g/mol. The summed E-state index contributed by atoms with van der Waals surface area (Å²) in [4.78, 5) is 0. The molecule has 1 rings (SSSR count). The molecule has 0 atom stereocenters. The van der Waals surface area contributed by atoms with E-state index < -0.39 is 0 Å². The molecule has 0 aromatic heterocycles. The molecule has 0 heterocycles. The maximum absolute atomic E-state index is 5.41. The van der Waals surface area contributed by atoms with Gasteiger partial charge >= 0.3 is 0 Å². The lowest BCUT2D eigenvalue weighted by molar-refractivity contribution is 0.116. The van der Waals surface area contributed by atoms with Crippen LogP contribution in [0.4, 0.5) is 0 Å². The average molecular weight is 198 g/mol. The quantitative estimate of drug-likeness (QED) is 0.609. The Kier molecular flexibility index (Phi) is 5.54. The number of hydrogen-bond donors (Lipinski definition) is 0. The Bertz CT molecular complexity index is 134. The molecule has 1 heteroatoms. The summed E-state index contributed by atoms with van der Waals surface area (Å²) in [6.07, 6.45) is 7.08. The molecule has 0 N–H and O–H groups in total. The molecule has 0 aromatic rings. The van der Waals surface area contributed by atoms with Crippen molar-refractivity contribution >= 4 is 0 Å². The molecule has 0 spiro atoms. The molecule has 84 valence electrons. The summed E-state index contributed by atoms with van der Waals surface area (Å²) in [5.74, 6) is 2.85. The fourth-order valence-electron chi connectivity index (χ4n) is 2.54. The summed E-state index contributed by atoms with van der Waals surface area (Å²) in [5.41, 5.74) is 0. The molecule has 1 fully saturated rings. The normalized spacial score (nSPS) is 28.3. The zero-order valence-corrected chi connectivity index (χ0v) is 10.1. The second kappa shape index (κ2) is 6.44. The molecule has 0 saturated heterocycles. The van der Waals surface area contributed by atoms with Gasteiger partial charge in [0, 0.05) is 13.2 Å². The van der Waals surface area contributed by atoms with E-state index in [1.165, 1.54) is 32.1 Å². The molecule has 1 aliphatic carbocycles. The van der Waals surface area contributed by atoms with E-state index in [0.29, 0.717) is 0 Å². The second-order valence-electron chi connectivity index (χ2n) is 5.01. The zero-order chi connectivity index (χ0) is 10.4. The summed E-state index contributed by atoms with van der Waals surface area (Å²) in [5, 5.41) is 0. The van der Waals surface area contributed by atoms with Crippen LogP contribution in [0.1, 0.15) is 52.9 Å². The molecule has 0 amide bonds. The molecule has 1 saturated carbocycles. The maximum atomic E-state index is 5.41. The zero-order valence-electron chi connectivity index (χ0n) is 10.1. The van der Waals surface area contributed by atoms with Crippen molar-refractivity contribution in [3.63, 3.8) is 0 Å². The van der Waals surface area contributed by atoms with E-state index in [1.54, 1.807) is 0 Å². The van der Waals surface area contributed by atoms with Crippen molar-refractivity contribution in [3.05, 3.63) is 0 Å². The summed E-state index contributed by atoms with van der Waals surface area (Å²) in [6, 6.07) is 0. The van der Waals surface area contributed by atoms with Crippen molar-refractivity contribution in [2.24, 2.45) is 17.8 Å². The minimum atomic E-state index is 0.876. The summed E-state index contributed by atoms with van der Waals surface area (Å²) in [6.45, 7) is 8.67. The summed E-state index contributed by atoms with van der Waals surface area (Å²) < 4.78 is 5.41. The fourth-order valence-corrected chi connectivity index (χ4v) is 2.54. The number of hydrogen-bond acceptors (Lipinski definition) is 1. The van der Waals surface area contributed by atoms with E-state index in [1.807, 2.05) is 0 Å². The van der Waals surface area contributed by atoms with Crippen LogP contribution >= 0.6 is 0 Å².